The van der Waals surface area contributed by atoms with Crippen LogP contribution >= 0.6 is 11.3 Å². The molecule has 0 bridgehead atoms. The minimum absolute atomic E-state index is 0.116. The third-order valence-electron chi connectivity index (χ3n) is 4.97. The zero-order valence-corrected chi connectivity index (χ0v) is 17.5. The Labute approximate surface area is 181 Å². The van der Waals surface area contributed by atoms with Gasteiger partial charge in [0.15, 0.2) is 5.13 Å². The Morgan fingerprint density at radius 1 is 1.23 bits per heavy atom. The number of carbonyl (C=O) groups excluding carboxylic acids is 1. The monoisotopic (exact) mass is 447 g/mol. The van der Waals surface area contributed by atoms with Crippen LogP contribution in [-0.4, -0.2) is 35.1 Å². The molecule has 1 atom stereocenters. The SMILES string of the molecule is Cc1cccc(C(=O)N(C[C@H]2CCCO2)c2nc(-c3cccc(C(F)(F)F)c3)cs2)n1. The van der Waals surface area contributed by atoms with Crippen molar-refractivity contribution in [2.45, 2.75) is 32.0 Å². The Kier molecular flexibility index (Phi) is 6.06. The average molecular weight is 447 g/mol. The van der Waals surface area contributed by atoms with Gasteiger partial charge in [-0.05, 0) is 44.0 Å². The molecule has 162 valence electrons. The van der Waals surface area contributed by atoms with Crippen molar-refractivity contribution in [3.8, 4) is 11.3 Å². The molecule has 0 spiro atoms. The summed E-state index contributed by atoms with van der Waals surface area (Å²) in [7, 11) is 0. The summed E-state index contributed by atoms with van der Waals surface area (Å²) in [6.45, 7) is 2.75. The summed E-state index contributed by atoms with van der Waals surface area (Å²) < 4.78 is 44.9. The van der Waals surface area contributed by atoms with Crippen LogP contribution < -0.4 is 4.90 Å². The highest BCUT2D eigenvalue weighted by molar-refractivity contribution is 7.14. The van der Waals surface area contributed by atoms with Crippen molar-refractivity contribution in [2.75, 3.05) is 18.1 Å². The van der Waals surface area contributed by atoms with E-state index in [1.54, 1.807) is 36.6 Å². The number of pyridine rings is 1. The normalized spacial score (nSPS) is 16.5. The minimum atomic E-state index is -4.44. The first-order valence-corrected chi connectivity index (χ1v) is 10.7. The van der Waals surface area contributed by atoms with Crippen molar-refractivity contribution in [1.29, 1.82) is 0 Å². The number of benzene rings is 1. The van der Waals surface area contributed by atoms with Gasteiger partial charge in [-0.3, -0.25) is 9.69 Å². The van der Waals surface area contributed by atoms with Gasteiger partial charge in [-0.15, -0.1) is 11.3 Å². The number of thiazole rings is 1. The van der Waals surface area contributed by atoms with E-state index in [0.717, 1.165) is 25.0 Å². The molecule has 2 aromatic heterocycles. The van der Waals surface area contributed by atoms with Gasteiger partial charge in [0.2, 0.25) is 0 Å². The van der Waals surface area contributed by atoms with Crippen molar-refractivity contribution in [3.63, 3.8) is 0 Å². The lowest BCUT2D eigenvalue weighted by atomic mass is 10.1. The number of anilines is 1. The number of alkyl halides is 3. The lowest BCUT2D eigenvalue weighted by molar-refractivity contribution is -0.137. The summed E-state index contributed by atoms with van der Waals surface area (Å²) >= 11 is 1.21. The van der Waals surface area contributed by atoms with E-state index in [4.69, 9.17) is 4.74 Å². The molecule has 0 aliphatic carbocycles. The number of ether oxygens (including phenoxy) is 1. The second-order valence-corrected chi connectivity index (χ2v) is 8.15. The van der Waals surface area contributed by atoms with E-state index in [9.17, 15) is 18.0 Å². The van der Waals surface area contributed by atoms with Crippen molar-refractivity contribution >= 4 is 22.4 Å². The summed E-state index contributed by atoms with van der Waals surface area (Å²) in [6, 6.07) is 10.2. The Balaban J connectivity index is 1.66. The van der Waals surface area contributed by atoms with Crippen LogP contribution in [0.2, 0.25) is 0 Å². The molecule has 3 heterocycles. The van der Waals surface area contributed by atoms with Crippen LogP contribution in [0.3, 0.4) is 0 Å². The highest BCUT2D eigenvalue weighted by Gasteiger charge is 2.31. The van der Waals surface area contributed by atoms with Gasteiger partial charge >= 0.3 is 6.18 Å². The van der Waals surface area contributed by atoms with Gasteiger partial charge in [-0.2, -0.15) is 13.2 Å². The predicted octanol–water partition coefficient (Wildman–Crippen LogP) is 5.36. The van der Waals surface area contributed by atoms with Crippen molar-refractivity contribution in [3.05, 3.63) is 64.8 Å². The Hall–Kier alpha value is -2.78. The van der Waals surface area contributed by atoms with Crippen molar-refractivity contribution in [2.24, 2.45) is 0 Å². The van der Waals surface area contributed by atoms with Crippen LogP contribution in [0.4, 0.5) is 18.3 Å². The number of nitrogens with zero attached hydrogens (tertiary/aromatic N) is 3. The fourth-order valence-corrected chi connectivity index (χ4v) is 4.26. The fourth-order valence-electron chi connectivity index (χ4n) is 3.42. The molecule has 3 aromatic rings. The van der Waals surface area contributed by atoms with Crippen molar-refractivity contribution < 1.29 is 22.7 Å². The molecule has 9 heteroatoms. The van der Waals surface area contributed by atoms with E-state index in [2.05, 4.69) is 9.97 Å². The van der Waals surface area contributed by atoms with Gasteiger partial charge in [0, 0.05) is 23.2 Å². The lowest BCUT2D eigenvalue weighted by Crippen LogP contribution is -2.38. The predicted molar refractivity (Wildman–Crippen MR) is 112 cm³/mol. The first kappa shape index (κ1) is 21.5. The summed E-state index contributed by atoms with van der Waals surface area (Å²) in [5.41, 5.74) is 0.986. The average Bonchev–Trinajstić information content (AvgIpc) is 3.43. The molecule has 1 saturated heterocycles. The largest absolute Gasteiger partial charge is 0.416 e. The summed E-state index contributed by atoms with van der Waals surface area (Å²) in [6.07, 6.45) is -2.80. The van der Waals surface area contributed by atoms with E-state index in [1.165, 1.54) is 22.3 Å². The van der Waals surface area contributed by atoms with Crippen LogP contribution in [-0.2, 0) is 10.9 Å². The van der Waals surface area contributed by atoms with Crippen LogP contribution in [0, 0.1) is 6.92 Å². The number of amides is 1. The van der Waals surface area contributed by atoms with E-state index in [1.807, 2.05) is 0 Å². The van der Waals surface area contributed by atoms with Gasteiger partial charge in [0.05, 0.1) is 23.9 Å². The number of hydrogen-bond acceptors (Lipinski definition) is 5. The molecular formula is C22H20F3N3O2S. The number of aromatic nitrogens is 2. The van der Waals surface area contributed by atoms with Gasteiger partial charge in [0.25, 0.3) is 5.91 Å². The zero-order valence-electron chi connectivity index (χ0n) is 16.7. The molecule has 1 aromatic carbocycles. The molecule has 1 aliphatic heterocycles. The second kappa shape index (κ2) is 8.76. The van der Waals surface area contributed by atoms with Gasteiger partial charge < -0.3 is 4.74 Å². The molecule has 0 unspecified atom stereocenters. The zero-order chi connectivity index (χ0) is 22.0. The lowest BCUT2D eigenvalue weighted by Gasteiger charge is -2.22. The molecule has 0 saturated carbocycles. The molecule has 0 radical (unpaired) electrons. The van der Waals surface area contributed by atoms with E-state index < -0.39 is 11.7 Å². The Bertz CT molecular complexity index is 1080. The molecule has 1 fully saturated rings. The third kappa shape index (κ3) is 4.94. The number of rotatable bonds is 5. The third-order valence-corrected chi connectivity index (χ3v) is 5.84. The minimum Gasteiger partial charge on any atom is -0.376 e. The molecule has 1 aliphatic rings. The molecule has 5 nitrogen and oxygen atoms in total. The number of hydrogen-bond donors (Lipinski definition) is 0. The molecular weight excluding hydrogens is 427 g/mol. The van der Waals surface area contributed by atoms with Crippen LogP contribution in [0.25, 0.3) is 11.3 Å². The Morgan fingerprint density at radius 2 is 2.03 bits per heavy atom. The van der Waals surface area contributed by atoms with Gasteiger partial charge in [-0.1, -0.05) is 18.2 Å². The maximum absolute atomic E-state index is 13.2. The van der Waals surface area contributed by atoms with E-state index >= 15 is 0 Å². The fraction of sp³-hybridized carbons (Fsp3) is 0.318. The van der Waals surface area contributed by atoms with Crippen molar-refractivity contribution in [1.82, 2.24) is 9.97 Å². The smallest absolute Gasteiger partial charge is 0.376 e. The van der Waals surface area contributed by atoms with Crippen LogP contribution in [0.1, 0.15) is 34.6 Å². The highest BCUT2D eigenvalue weighted by Crippen LogP contribution is 2.34. The number of halogens is 3. The Morgan fingerprint density at radius 3 is 2.74 bits per heavy atom. The second-order valence-electron chi connectivity index (χ2n) is 7.31. The quantitative estimate of drug-likeness (QED) is 0.529. The van der Waals surface area contributed by atoms with Crippen LogP contribution in [0.15, 0.2) is 47.8 Å². The number of aryl methyl sites for hydroxylation is 1. The van der Waals surface area contributed by atoms with E-state index in [0.29, 0.717) is 35.2 Å². The van der Waals surface area contributed by atoms with Gasteiger partial charge in [0.1, 0.15) is 5.69 Å². The number of carbonyl (C=O) groups is 1. The van der Waals surface area contributed by atoms with Crippen LogP contribution in [0.5, 0.6) is 0 Å². The topological polar surface area (TPSA) is 55.3 Å². The highest BCUT2D eigenvalue weighted by atomic mass is 32.1. The summed E-state index contributed by atoms with van der Waals surface area (Å²) in [4.78, 5) is 23.6. The first-order chi connectivity index (χ1) is 14.8. The van der Waals surface area contributed by atoms with E-state index in [-0.39, 0.29) is 17.7 Å². The molecule has 31 heavy (non-hydrogen) atoms. The maximum atomic E-state index is 13.2. The standard InChI is InChI=1S/C22H20F3N3O2S/c1-14-5-2-9-18(26-14)20(29)28(12-17-8-4-10-30-17)21-27-19(13-31-21)15-6-3-7-16(11-15)22(23,24)25/h2-3,5-7,9,11,13,17H,4,8,10,12H2,1H3/t17-/m1/s1. The molecule has 4 rings (SSSR count). The summed E-state index contributed by atoms with van der Waals surface area (Å²) in [5.74, 6) is -0.316. The molecule has 1 amide bonds. The first-order valence-electron chi connectivity index (χ1n) is 9.81. The van der Waals surface area contributed by atoms with Gasteiger partial charge in [-0.25, -0.2) is 9.97 Å². The maximum Gasteiger partial charge on any atom is 0.416 e. The molecule has 0 N–H and O–H groups in total. The summed E-state index contributed by atoms with van der Waals surface area (Å²) in [5, 5.41) is 2.06.